The van der Waals surface area contributed by atoms with Gasteiger partial charge in [-0.1, -0.05) is 37.0 Å². The zero-order valence-corrected chi connectivity index (χ0v) is 11.4. The van der Waals surface area contributed by atoms with Gasteiger partial charge in [0.1, 0.15) is 0 Å². The van der Waals surface area contributed by atoms with Crippen LogP contribution in [-0.4, -0.2) is 0 Å². The maximum absolute atomic E-state index is 1.93. The third-order valence-electron chi connectivity index (χ3n) is 3.73. The van der Waals surface area contributed by atoms with Crippen LogP contribution in [0.2, 0.25) is 0 Å². The number of rotatable bonds is 0. The van der Waals surface area contributed by atoms with Crippen molar-refractivity contribution in [3.05, 3.63) is 5.92 Å². The summed E-state index contributed by atoms with van der Waals surface area (Å²) in [6.07, 6.45) is 9.31. The van der Waals surface area contributed by atoms with E-state index in [1.165, 1.54) is 19.3 Å². The van der Waals surface area contributed by atoms with Crippen LogP contribution >= 0.6 is 12.4 Å². The molecule has 0 aliphatic heterocycles. The summed E-state index contributed by atoms with van der Waals surface area (Å²) in [4.78, 5) is 0. The average Bonchev–Trinajstić information content (AvgIpc) is 1.82. The third-order valence-corrected chi connectivity index (χ3v) is 3.73. The summed E-state index contributed by atoms with van der Waals surface area (Å²) in [5, 5.41) is 0. The van der Waals surface area contributed by atoms with Crippen molar-refractivity contribution >= 4 is 12.4 Å². The molecule has 4 saturated carbocycles. The summed E-state index contributed by atoms with van der Waals surface area (Å²) >= 11 is 0. The van der Waals surface area contributed by atoms with Gasteiger partial charge < -0.3 is 5.92 Å². The van der Waals surface area contributed by atoms with Gasteiger partial charge in [0, 0.05) is 19.5 Å². The molecule has 66 valence electrons. The van der Waals surface area contributed by atoms with Crippen molar-refractivity contribution in [1.29, 1.82) is 0 Å². The first kappa shape index (κ1) is 11.0. The van der Waals surface area contributed by atoms with Gasteiger partial charge in [0.25, 0.3) is 0 Å². The van der Waals surface area contributed by atoms with Gasteiger partial charge in [-0.2, -0.15) is 19.3 Å². The largest absolute Gasteiger partial charge is 0.313 e. The molecule has 0 unspecified atom stereocenters. The molecule has 4 aliphatic carbocycles. The van der Waals surface area contributed by atoms with Gasteiger partial charge >= 0.3 is 0 Å². The molecule has 4 aliphatic rings. The first-order valence-electron chi connectivity index (χ1n) is 4.73. The van der Waals surface area contributed by atoms with Crippen molar-refractivity contribution in [2.75, 3.05) is 0 Å². The van der Waals surface area contributed by atoms with E-state index in [9.17, 15) is 0 Å². The van der Waals surface area contributed by atoms with Gasteiger partial charge in [-0.3, -0.25) is 0 Å². The fourth-order valence-electron chi connectivity index (χ4n) is 3.68. The van der Waals surface area contributed by atoms with E-state index in [-0.39, 0.29) is 31.9 Å². The number of hydrogen-bond donors (Lipinski definition) is 0. The molecular formula is C10H16ClZn-. The van der Waals surface area contributed by atoms with Crippen LogP contribution in [0.3, 0.4) is 0 Å². The maximum Gasteiger partial charge on any atom is 0 e. The second kappa shape index (κ2) is 3.97. The molecule has 4 fully saturated rings. The molecule has 0 saturated heterocycles. The molecule has 0 radical (unpaired) electrons. The Morgan fingerprint density at radius 1 is 0.750 bits per heavy atom. The molecule has 2 heteroatoms. The molecule has 0 heterocycles. The van der Waals surface area contributed by atoms with Crippen LogP contribution in [0.25, 0.3) is 0 Å². The van der Waals surface area contributed by atoms with Crippen LogP contribution in [0.15, 0.2) is 0 Å². The molecule has 0 aromatic carbocycles. The van der Waals surface area contributed by atoms with Crippen molar-refractivity contribution in [2.24, 2.45) is 17.8 Å². The van der Waals surface area contributed by atoms with Crippen LogP contribution < -0.4 is 0 Å². The molecule has 4 bridgehead atoms. The molecule has 0 aromatic heterocycles. The van der Waals surface area contributed by atoms with E-state index in [2.05, 4.69) is 0 Å². The minimum absolute atomic E-state index is 0. The van der Waals surface area contributed by atoms with Gasteiger partial charge in [0.15, 0.2) is 0 Å². The molecule has 0 nitrogen and oxygen atoms in total. The molecule has 4 rings (SSSR count). The van der Waals surface area contributed by atoms with Gasteiger partial charge in [0.05, 0.1) is 0 Å². The van der Waals surface area contributed by atoms with Crippen LogP contribution in [0.4, 0.5) is 0 Å². The fourth-order valence-corrected chi connectivity index (χ4v) is 3.68. The van der Waals surface area contributed by atoms with Crippen molar-refractivity contribution < 1.29 is 19.5 Å². The zero-order chi connectivity index (χ0) is 6.55. The quantitative estimate of drug-likeness (QED) is 0.448. The van der Waals surface area contributed by atoms with E-state index < -0.39 is 0 Å². The average molecular weight is 237 g/mol. The number of halogens is 1. The van der Waals surface area contributed by atoms with Crippen molar-refractivity contribution in [2.45, 2.75) is 38.5 Å². The van der Waals surface area contributed by atoms with Gasteiger partial charge in [0.2, 0.25) is 0 Å². The predicted octanol–water partition coefficient (Wildman–Crippen LogP) is 3.21. The Labute approximate surface area is 94.0 Å². The van der Waals surface area contributed by atoms with Gasteiger partial charge in [-0.25, -0.2) is 0 Å². The molecule has 0 amide bonds. The zero-order valence-electron chi connectivity index (χ0n) is 7.59. The second-order valence-corrected chi connectivity index (χ2v) is 4.67. The van der Waals surface area contributed by atoms with Gasteiger partial charge in [-0.15, -0.1) is 12.4 Å². The standard InChI is InChI=1S/C10H15.ClH.Zn/c1-7-2-9-4-8(1)5-10(3-7)6-9;;/h7-9H,1-6H2;1H;/q-1;;. The summed E-state index contributed by atoms with van der Waals surface area (Å²) in [6, 6.07) is 0. The van der Waals surface area contributed by atoms with E-state index in [0.717, 1.165) is 17.8 Å². The topological polar surface area (TPSA) is 0 Å². The molecule has 0 aromatic rings. The maximum atomic E-state index is 1.93. The van der Waals surface area contributed by atoms with E-state index in [1.807, 2.05) is 5.92 Å². The third kappa shape index (κ3) is 1.73. The normalized spacial score (nSPS) is 43.5. The summed E-state index contributed by atoms with van der Waals surface area (Å²) in [7, 11) is 0. The SMILES string of the molecule is C1[C-]2CC3CC1CC(C2)C3.Cl.[Zn]. The Morgan fingerprint density at radius 2 is 1.08 bits per heavy atom. The van der Waals surface area contributed by atoms with E-state index in [0.29, 0.717) is 0 Å². The minimum atomic E-state index is 0. The Morgan fingerprint density at radius 3 is 1.33 bits per heavy atom. The summed E-state index contributed by atoms with van der Waals surface area (Å²) in [5.41, 5.74) is 0. The Hall–Kier alpha value is 0.913. The molecule has 0 spiro atoms. The summed E-state index contributed by atoms with van der Waals surface area (Å²) in [6.45, 7) is 0. The Bertz CT molecular complexity index is 101. The molecule has 12 heavy (non-hydrogen) atoms. The molecular weight excluding hydrogens is 221 g/mol. The van der Waals surface area contributed by atoms with Crippen LogP contribution in [0.1, 0.15) is 38.5 Å². The summed E-state index contributed by atoms with van der Waals surface area (Å²) in [5.74, 6) is 5.35. The second-order valence-electron chi connectivity index (χ2n) is 4.67. The minimum Gasteiger partial charge on any atom is -0.313 e. The van der Waals surface area contributed by atoms with E-state index in [4.69, 9.17) is 0 Å². The number of hydrogen-bond acceptors (Lipinski definition) is 0. The monoisotopic (exact) mass is 235 g/mol. The van der Waals surface area contributed by atoms with Crippen molar-refractivity contribution in [1.82, 2.24) is 0 Å². The van der Waals surface area contributed by atoms with E-state index in [1.54, 1.807) is 19.3 Å². The molecule has 0 N–H and O–H groups in total. The Balaban J connectivity index is 0.000000360. The predicted molar refractivity (Wildman–Crippen MR) is 48.7 cm³/mol. The van der Waals surface area contributed by atoms with Crippen LogP contribution in [0, 0.1) is 23.7 Å². The van der Waals surface area contributed by atoms with Crippen LogP contribution in [-0.2, 0) is 19.5 Å². The van der Waals surface area contributed by atoms with Crippen molar-refractivity contribution in [3.8, 4) is 0 Å². The van der Waals surface area contributed by atoms with Crippen molar-refractivity contribution in [3.63, 3.8) is 0 Å². The summed E-state index contributed by atoms with van der Waals surface area (Å²) < 4.78 is 0. The fraction of sp³-hybridized carbons (Fsp3) is 0.900. The van der Waals surface area contributed by atoms with Crippen LogP contribution in [0.5, 0.6) is 0 Å². The van der Waals surface area contributed by atoms with Gasteiger partial charge in [-0.05, 0) is 0 Å². The first-order valence-corrected chi connectivity index (χ1v) is 4.73. The Kier molecular flexibility index (Phi) is 3.63. The van der Waals surface area contributed by atoms with E-state index >= 15 is 0 Å². The molecule has 0 atom stereocenters. The first-order chi connectivity index (χ1) is 4.90. The smallest absolute Gasteiger partial charge is 0 e.